The number of likely N-dealkylation sites (tertiary alicyclic amines) is 1. The van der Waals surface area contributed by atoms with Gasteiger partial charge in [0.1, 0.15) is 23.1 Å². The number of hydrogen-bond donors (Lipinski definition) is 0. The van der Waals surface area contributed by atoms with E-state index in [1.807, 2.05) is 6.07 Å². The standard InChI is InChI=1S/C21H21F2NO5/c1-27-16-5-6-19(28-2)17(11-16)18-4-3-7-24(18)20(25)12-29-21(26)13-8-14(22)10-15(23)9-13/h5-6,8-11,18H,3-4,7,12H2,1-2H3/t18-/m0/s1. The van der Waals surface area contributed by atoms with Crippen LogP contribution < -0.4 is 9.47 Å². The highest BCUT2D eigenvalue weighted by molar-refractivity contribution is 5.91. The predicted octanol–water partition coefficient (Wildman–Crippen LogP) is 3.50. The van der Waals surface area contributed by atoms with Gasteiger partial charge in [0.2, 0.25) is 0 Å². The van der Waals surface area contributed by atoms with Gasteiger partial charge < -0.3 is 19.1 Å². The van der Waals surface area contributed by atoms with E-state index in [1.165, 1.54) is 0 Å². The molecule has 3 rings (SSSR count). The normalized spacial score (nSPS) is 15.9. The second-order valence-corrected chi connectivity index (χ2v) is 6.59. The Kier molecular flexibility index (Phi) is 6.31. The molecule has 0 saturated carbocycles. The number of methoxy groups -OCH3 is 2. The third kappa shape index (κ3) is 4.64. The summed E-state index contributed by atoms with van der Waals surface area (Å²) < 4.78 is 42.2. The molecule has 0 radical (unpaired) electrons. The van der Waals surface area contributed by atoms with Gasteiger partial charge in [-0.3, -0.25) is 4.79 Å². The number of benzene rings is 2. The number of hydrogen-bond acceptors (Lipinski definition) is 5. The van der Waals surface area contributed by atoms with Crippen molar-refractivity contribution in [2.45, 2.75) is 18.9 Å². The Labute approximate surface area is 167 Å². The van der Waals surface area contributed by atoms with Crippen LogP contribution in [0.2, 0.25) is 0 Å². The minimum absolute atomic E-state index is 0.252. The summed E-state index contributed by atoms with van der Waals surface area (Å²) in [6.07, 6.45) is 1.50. The van der Waals surface area contributed by atoms with E-state index in [0.29, 0.717) is 24.1 Å². The molecule has 1 heterocycles. The molecule has 1 aliphatic heterocycles. The molecule has 0 aliphatic carbocycles. The predicted molar refractivity (Wildman–Crippen MR) is 99.9 cm³/mol. The summed E-state index contributed by atoms with van der Waals surface area (Å²) in [6.45, 7) is -0.0320. The van der Waals surface area contributed by atoms with Crippen LogP contribution in [0.5, 0.6) is 11.5 Å². The van der Waals surface area contributed by atoms with Gasteiger partial charge in [0.25, 0.3) is 5.91 Å². The molecule has 0 spiro atoms. The monoisotopic (exact) mass is 405 g/mol. The Bertz CT molecular complexity index is 898. The summed E-state index contributed by atoms with van der Waals surface area (Å²) in [7, 11) is 3.10. The van der Waals surface area contributed by atoms with Crippen molar-refractivity contribution >= 4 is 11.9 Å². The Hall–Kier alpha value is -3.16. The van der Waals surface area contributed by atoms with Crippen molar-refractivity contribution in [3.05, 3.63) is 59.2 Å². The van der Waals surface area contributed by atoms with Crippen molar-refractivity contribution < 1.29 is 32.6 Å². The first-order valence-electron chi connectivity index (χ1n) is 9.07. The number of carbonyl (C=O) groups excluding carboxylic acids is 2. The van der Waals surface area contributed by atoms with Crippen LogP contribution in [0, 0.1) is 11.6 Å². The van der Waals surface area contributed by atoms with Gasteiger partial charge in [0.05, 0.1) is 25.8 Å². The van der Waals surface area contributed by atoms with Crippen LogP contribution in [0.1, 0.15) is 34.8 Å². The van der Waals surface area contributed by atoms with Gasteiger partial charge in [0, 0.05) is 18.2 Å². The third-order valence-corrected chi connectivity index (χ3v) is 4.79. The number of nitrogens with zero attached hydrogens (tertiary/aromatic N) is 1. The maximum Gasteiger partial charge on any atom is 0.338 e. The molecule has 8 heteroatoms. The van der Waals surface area contributed by atoms with Crippen LogP contribution >= 0.6 is 0 Å². The second-order valence-electron chi connectivity index (χ2n) is 6.59. The number of carbonyl (C=O) groups is 2. The van der Waals surface area contributed by atoms with E-state index in [9.17, 15) is 18.4 Å². The number of amides is 1. The molecular formula is C21H21F2NO5. The van der Waals surface area contributed by atoms with Gasteiger partial charge in [-0.1, -0.05) is 0 Å². The minimum Gasteiger partial charge on any atom is -0.497 e. The van der Waals surface area contributed by atoms with Crippen molar-refractivity contribution in [1.29, 1.82) is 0 Å². The van der Waals surface area contributed by atoms with Gasteiger partial charge >= 0.3 is 5.97 Å². The zero-order valence-corrected chi connectivity index (χ0v) is 16.1. The minimum atomic E-state index is -0.966. The SMILES string of the molecule is COc1ccc(OC)c([C@@H]2CCCN2C(=O)COC(=O)c2cc(F)cc(F)c2)c1. The smallest absolute Gasteiger partial charge is 0.338 e. The van der Waals surface area contributed by atoms with Crippen LogP contribution in [0.3, 0.4) is 0 Å². The average molecular weight is 405 g/mol. The Morgan fingerprint density at radius 3 is 2.45 bits per heavy atom. The Morgan fingerprint density at radius 2 is 1.79 bits per heavy atom. The summed E-state index contributed by atoms with van der Waals surface area (Å²) in [4.78, 5) is 26.3. The Balaban J connectivity index is 1.71. The maximum atomic E-state index is 13.3. The highest BCUT2D eigenvalue weighted by Crippen LogP contribution is 2.38. The molecule has 0 aromatic heterocycles. The zero-order valence-electron chi connectivity index (χ0n) is 16.1. The van der Waals surface area contributed by atoms with Crippen LogP contribution in [-0.2, 0) is 9.53 Å². The highest BCUT2D eigenvalue weighted by atomic mass is 19.1. The first-order chi connectivity index (χ1) is 13.9. The van der Waals surface area contributed by atoms with Gasteiger partial charge in [-0.05, 0) is 43.2 Å². The van der Waals surface area contributed by atoms with E-state index in [2.05, 4.69) is 0 Å². The molecule has 2 aromatic rings. The van der Waals surface area contributed by atoms with Crippen molar-refractivity contribution in [3.8, 4) is 11.5 Å². The molecule has 0 N–H and O–H groups in total. The molecule has 154 valence electrons. The number of rotatable bonds is 6. The lowest BCUT2D eigenvalue weighted by Gasteiger charge is -2.26. The highest BCUT2D eigenvalue weighted by Gasteiger charge is 2.32. The lowest BCUT2D eigenvalue weighted by atomic mass is 10.0. The van der Waals surface area contributed by atoms with Crippen molar-refractivity contribution in [1.82, 2.24) is 4.90 Å². The molecule has 1 fully saturated rings. The van der Waals surface area contributed by atoms with E-state index in [1.54, 1.807) is 31.3 Å². The van der Waals surface area contributed by atoms with Gasteiger partial charge in [-0.15, -0.1) is 0 Å². The van der Waals surface area contributed by atoms with Crippen LogP contribution in [0.15, 0.2) is 36.4 Å². The number of ether oxygens (including phenoxy) is 3. The van der Waals surface area contributed by atoms with Gasteiger partial charge in [-0.2, -0.15) is 0 Å². The average Bonchev–Trinajstić information content (AvgIpc) is 3.20. The second kappa shape index (κ2) is 8.89. The first-order valence-corrected chi connectivity index (χ1v) is 9.07. The van der Waals surface area contributed by atoms with Gasteiger partial charge in [0.15, 0.2) is 6.61 Å². The summed E-state index contributed by atoms with van der Waals surface area (Å²) in [5.41, 5.74) is 0.513. The first kappa shape index (κ1) is 20.6. The molecule has 1 amide bonds. The summed E-state index contributed by atoms with van der Waals surface area (Å²) in [6, 6.07) is 7.47. The summed E-state index contributed by atoms with van der Waals surface area (Å²) in [5.74, 6) is -1.89. The number of esters is 1. The summed E-state index contributed by atoms with van der Waals surface area (Å²) in [5, 5.41) is 0. The van der Waals surface area contributed by atoms with E-state index >= 15 is 0 Å². The van der Waals surface area contributed by atoms with Crippen molar-refractivity contribution in [3.63, 3.8) is 0 Å². The molecule has 6 nitrogen and oxygen atoms in total. The van der Waals surface area contributed by atoms with Crippen LogP contribution in [0.4, 0.5) is 8.78 Å². The molecule has 29 heavy (non-hydrogen) atoms. The topological polar surface area (TPSA) is 65.1 Å². The van der Waals surface area contributed by atoms with E-state index in [4.69, 9.17) is 14.2 Å². The molecule has 1 aliphatic rings. The fourth-order valence-electron chi connectivity index (χ4n) is 3.45. The molecular weight excluding hydrogens is 384 g/mol. The molecule has 1 atom stereocenters. The fraction of sp³-hybridized carbons (Fsp3) is 0.333. The van der Waals surface area contributed by atoms with E-state index in [0.717, 1.165) is 30.5 Å². The zero-order chi connectivity index (χ0) is 21.0. The van der Waals surface area contributed by atoms with Crippen LogP contribution in [0.25, 0.3) is 0 Å². The van der Waals surface area contributed by atoms with Gasteiger partial charge in [-0.25, -0.2) is 13.6 Å². The van der Waals surface area contributed by atoms with Crippen molar-refractivity contribution in [2.24, 2.45) is 0 Å². The Morgan fingerprint density at radius 1 is 1.07 bits per heavy atom. The maximum absolute atomic E-state index is 13.3. The molecule has 0 bridgehead atoms. The lowest BCUT2D eigenvalue weighted by molar-refractivity contribution is -0.135. The van der Waals surface area contributed by atoms with E-state index in [-0.39, 0.29) is 11.6 Å². The number of halogens is 2. The largest absolute Gasteiger partial charge is 0.497 e. The summed E-state index contributed by atoms with van der Waals surface area (Å²) >= 11 is 0. The van der Waals surface area contributed by atoms with E-state index < -0.39 is 30.1 Å². The quantitative estimate of drug-likeness (QED) is 0.689. The molecule has 1 saturated heterocycles. The molecule has 0 unspecified atom stereocenters. The van der Waals surface area contributed by atoms with Crippen molar-refractivity contribution in [2.75, 3.05) is 27.4 Å². The fourth-order valence-corrected chi connectivity index (χ4v) is 3.45. The molecule has 2 aromatic carbocycles. The lowest BCUT2D eigenvalue weighted by Crippen LogP contribution is -2.34. The third-order valence-electron chi connectivity index (χ3n) is 4.79. The van der Waals surface area contributed by atoms with Crippen LogP contribution in [-0.4, -0.2) is 44.1 Å².